The summed E-state index contributed by atoms with van der Waals surface area (Å²) >= 11 is 0. The molecule has 3 aromatic carbocycles. The Kier molecular flexibility index (Phi) is 5.99. The molecule has 1 fully saturated rings. The van der Waals surface area contributed by atoms with Crippen molar-refractivity contribution in [1.29, 1.82) is 0 Å². The van der Waals surface area contributed by atoms with Gasteiger partial charge in [0.25, 0.3) is 5.91 Å². The lowest BCUT2D eigenvalue weighted by molar-refractivity contribution is -0.138. The molecule has 0 aromatic heterocycles. The van der Waals surface area contributed by atoms with E-state index >= 15 is 0 Å². The predicted molar refractivity (Wildman–Crippen MR) is 131 cm³/mol. The number of carbonyl (C=O) groups is 3. The molecule has 2 aliphatic rings. The quantitative estimate of drug-likeness (QED) is 0.460. The van der Waals surface area contributed by atoms with Gasteiger partial charge >= 0.3 is 12.1 Å². The molecular formula is C28H26N2O5. The minimum Gasteiger partial charge on any atom is -0.481 e. The van der Waals surface area contributed by atoms with Crippen molar-refractivity contribution < 1.29 is 24.2 Å². The zero-order chi connectivity index (χ0) is 24.5. The highest BCUT2D eigenvalue weighted by Crippen LogP contribution is 2.44. The number of aliphatic carboxylic acids is 1. The number of carbonyl (C=O) groups excluding carboxylic acids is 2. The van der Waals surface area contributed by atoms with E-state index in [1.54, 1.807) is 25.1 Å². The smallest absolute Gasteiger partial charge is 0.411 e. The Hall–Kier alpha value is -4.13. The van der Waals surface area contributed by atoms with Crippen LogP contribution in [-0.2, 0) is 9.53 Å². The fourth-order valence-electron chi connectivity index (χ4n) is 4.79. The minimum atomic E-state index is -0.816. The molecule has 2 atom stereocenters. The van der Waals surface area contributed by atoms with Crippen LogP contribution in [0.15, 0.2) is 66.7 Å². The molecule has 35 heavy (non-hydrogen) atoms. The van der Waals surface area contributed by atoms with Gasteiger partial charge < -0.3 is 15.2 Å². The summed E-state index contributed by atoms with van der Waals surface area (Å²) in [6.45, 7) is 2.36. The van der Waals surface area contributed by atoms with Crippen LogP contribution in [0, 0.1) is 18.8 Å². The molecular weight excluding hydrogens is 444 g/mol. The Morgan fingerprint density at radius 1 is 0.971 bits per heavy atom. The first-order valence-electron chi connectivity index (χ1n) is 11.7. The molecule has 1 saturated carbocycles. The third kappa shape index (κ3) is 4.62. The third-order valence-corrected chi connectivity index (χ3v) is 6.83. The molecule has 5 rings (SSSR count). The molecule has 7 heteroatoms. The maximum absolute atomic E-state index is 12.6. The van der Waals surface area contributed by atoms with Gasteiger partial charge in [-0.3, -0.25) is 14.9 Å². The lowest BCUT2D eigenvalue weighted by Gasteiger charge is -2.15. The van der Waals surface area contributed by atoms with E-state index in [4.69, 9.17) is 9.84 Å². The van der Waals surface area contributed by atoms with Crippen molar-refractivity contribution in [3.05, 3.63) is 89.0 Å². The summed E-state index contributed by atoms with van der Waals surface area (Å²) in [7, 11) is 0. The number of fused-ring (bicyclic) bond motifs is 3. The van der Waals surface area contributed by atoms with Crippen molar-refractivity contribution in [2.24, 2.45) is 11.8 Å². The van der Waals surface area contributed by atoms with Crippen LogP contribution < -0.4 is 10.6 Å². The van der Waals surface area contributed by atoms with Crippen molar-refractivity contribution in [3.8, 4) is 11.1 Å². The second-order valence-corrected chi connectivity index (χ2v) is 9.13. The largest absolute Gasteiger partial charge is 0.481 e. The molecule has 3 N–H and O–H groups in total. The van der Waals surface area contributed by atoms with Crippen molar-refractivity contribution in [2.45, 2.75) is 19.3 Å². The van der Waals surface area contributed by atoms with Crippen LogP contribution >= 0.6 is 0 Å². The number of nitrogens with one attached hydrogen (secondary N) is 2. The minimum absolute atomic E-state index is 0.00736. The van der Waals surface area contributed by atoms with Gasteiger partial charge in [0, 0.05) is 23.7 Å². The lowest BCUT2D eigenvalue weighted by Crippen LogP contribution is -2.26. The van der Waals surface area contributed by atoms with E-state index in [0.717, 1.165) is 16.7 Å². The number of hydrogen-bond donors (Lipinski definition) is 3. The first-order chi connectivity index (χ1) is 16.9. The zero-order valence-corrected chi connectivity index (χ0v) is 19.3. The summed E-state index contributed by atoms with van der Waals surface area (Å²) in [5, 5.41) is 14.5. The molecule has 0 bridgehead atoms. The van der Waals surface area contributed by atoms with E-state index < -0.39 is 12.1 Å². The van der Waals surface area contributed by atoms with Gasteiger partial charge in [0.1, 0.15) is 6.61 Å². The number of carboxylic acid groups (broad SMARTS) is 1. The highest BCUT2D eigenvalue weighted by atomic mass is 16.5. The van der Waals surface area contributed by atoms with Gasteiger partial charge in [0.05, 0.1) is 5.92 Å². The number of benzene rings is 3. The predicted octanol–water partition coefficient (Wildman–Crippen LogP) is 4.81. The first kappa shape index (κ1) is 22.7. The number of rotatable bonds is 7. The molecule has 0 spiro atoms. The number of anilines is 1. The van der Waals surface area contributed by atoms with Crippen molar-refractivity contribution in [2.75, 3.05) is 18.5 Å². The molecule has 2 amide bonds. The molecule has 2 aliphatic carbocycles. The Morgan fingerprint density at radius 3 is 2.23 bits per heavy atom. The second kappa shape index (κ2) is 9.25. The number of hydrogen-bond acceptors (Lipinski definition) is 4. The Labute approximate surface area is 203 Å². The van der Waals surface area contributed by atoms with Crippen LogP contribution in [0.5, 0.6) is 0 Å². The second-order valence-electron chi connectivity index (χ2n) is 9.13. The van der Waals surface area contributed by atoms with E-state index in [1.165, 1.54) is 11.1 Å². The lowest BCUT2D eigenvalue weighted by atomic mass is 9.98. The molecule has 0 aliphatic heterocycles. The highest BCUT2D eigenvalue weighted by Gasteiger charge is 2.43. The fourth-order valence-corrected chi connectivity index (χ4v) is 4.79. The molecule has 3 aromatic rings. The van der Waals surface area contributed by atoms with Crippen LogP contribution in [0.25, 0.3) is 11.1 Å². The van der Waals surface area contributed by atoms with Crippen molar-refractivity contribution in [1.82, 2.24) is 5.32 Å². The molecule has 0 radical (unpaired) electrons. The normalized spacial score (nSPS) is 17.7. The molecule has 0 heterocycles. The maximum Gasteiger partial charge on any atom is 0.411 e. The van der Waals surface area contributed by atoms with Crippen LogP contribution in [-0.4, -0.2) is 36.2 Å². The van der Waals surface area contributed by atoms with Gasteiger partial charge in [-0.15, -0.1) is 0 Å². The van der Waals surface area contributed by atoms with Crippen LogP contribution in [0.1, 0.15) is 39.4 Å². The SMILES string of the molecule is Cc1cc(C(=O)NC[C@H]2C[C@H]2C(=O)O)ccc1NC(=O)OCC1c2ccccc2-c2ccccc21. The van der Waals surface area contributed by atoms with Gasteiger partial charge in [-0.2, -0.15) is 0 Å². The van der Waals surface area contributed by atoms with Gasteiger partial charge in [0.15, 0.2) is 0 Å². The van der Waals surface area contributed by atoms with E-state index in [2.05, 4.69) is 34.9 Å². The summed E-state index contributed by atoms with van der Waals surface area (Å²) in [5.41, 5.74) is 6.37. The summed E-state index contributed by atoms with van der Waals surface area (Å²) < 4.78 is 5.60. The van der Waals surface area contributed by atoms with E-state index in [1.807, 2.05) is 24.3 Å². The third-order valence-electron chi connectivity index (χ3n) is 6.83. The summed E-state index contributed by atoms with van der Waals surface area (Å²) in [6.07, 6.45) is 0.0399. The molecule has 7 nitrogen and oxygen atoms in total. The number of aryl methyl sites for hydroxylation is 1. The molecule has 0 saturated heterocycles. The average molecular weight is 471 g/mol. The number of carboxylic acids is 1. The van der Waals surface area contributed by atoms with Gasteiger partial charge in [-0.1, -0.05) is 48.5 Å². The Morgan fingerprint density at radius 2 is 1.63 bits per heavy atom. The zero-order valence-electron chi connectivity index (χ0n) is 19.3. The van der Waals surface area contributed by atoms with Crippen molar-refractivity contribution >= 4 is 23.7 Å². The van der Waals surface area contributed by atoms with Crippen molar-refractivity contribution in [3.63, 3.8) is 0 Å². The van der Waals surface area contributed by atoms with Gasteiger partial charge in [-0.25, -0.2) is 4.79 Å². The maximum atomic E-state index is 12.6. The Balaban J connectivity index is 1.18. The van der Waals surface area contributed by atoms with Crippen LogP contribution in [0.2, 0.25) is 0 Å². The first-order valence-corrected chi connectivity index (χ1v) is 11.7. The topological polar surface area (TPSA) is 105 Å². The van der Waals surface area contributed by atoms with E-state index in [9.17, 15) is 14.4 Å². The number of amides is 2. The standard InChI is InChI=1S/C28H26N2O5/c1-16-12-17(26(31)29-14-18-13-23(18)27(32)33)10-11-25(16)30-28(34)35-15-24-21-8-4-2-6-19(21)20-7-3-5-9-22(20)24/h2-12,18,23-24H,13-15H2,1H3,(H,29,31)(H,30,34)(H,32,33)/t18-,23-/m1/s1. The Bertz CT molecular complexity index is 1270. The monoisotopic (exact) mass is 470 g/mol. The summed E-state index contributed by atoms with van der Waals surface area (Å²) in [4.78, 5) is 35.9. The number of ether oxygens (including phenoxy) is 1. The van der Waals surface area contributed by atoms with Gasteiger partial charge in [-0.05, 0) is 65.3 Å². The fraction of sp³-hybridized carbons (Fsp3) is 0.250. The van der Waals surface area contributed by atoms with Gasteiger partial charge in [0.2, 0.25) is 0 Å². The summed E-state index contributed by atoms with van der Waals surface area (Å²) in [6, 6.07) is 21.3. The van der Waals surface area contributed by atoms with E-state index in [0.29, 0.717) is 24.2 Å². The van der Waals surface area contributed by atoms with E-state index in [-0.39, 0.29) is 30.3 Å². The molecule has 0 unspecified atom stereocenters. The summed E-state index contributed by atoms with van der Waals surface area (Å²) in [5.74, 6) is -1.47. The average Bonchev–Trinajstić information content (AvgIpc) is 3.58. The highest BCUT2D eigenvalue weighted by molar-refractivity contribution is 5.95. The molecule has 178 valence electrons. The van der Waals surface area contributed by atoms with Crippen LogP contribution in [0.4, 0.5) is 10.5 Å². The van der Waals surface area contributed by atoms with Crippen LogP contribution in [0.3, 0.4) is 0 Å².